The minimum absolute atomic E-state index is 0.0101. The van der Waals surface area contributed by atoms with Crippen LogP contribution in [0.4, 0.5) is 0 Å². The summed E-state index contributed by atoms with van der Waals surface area (Å²) in [5.74, 6) is 0.264. The lowest BCUT2D eigenvalue weighted by molar-refractivity contribution is -0.124. The lowest BCUT2D eigenvalue weighted by atomic mass is 9.90. The minimum atomic E-state index is -0.891. The van der Waals surface area contributed by atoms with Crippen LogP contribution in [0.2, 0.25) is 0 Å². The number of amides is 1. The van der Waals surface area contributed by atoms with Crippen molar-refractivity contribution in [2.24, 2.45) is 5.92 Å². The Kier molecular flexibility index (Phi) is 6.03. The molecule has 0 aliphatic heterocycles. The summed E-state index contributed by atoms with van der Waals surface area (Å²) in [4.78, 5) is 11.9. The Morgan fingerprint density at radius 1 is 1.50 bits per heavy atom. The molecule has 20 heavy (non-hydrogen) atoms. The third kappa shape index (κ3) is 4.50. The number of rotatable bonds is 5. The van der Waals surface area contributed by atoms with E-state index in [1.165, 1.54) is 0 Å². The third-order valence-corrected chi connectivity index (χ3v) is 4.15. The van der Waals surface area contributed by atoms with E-state index in [4.69, 9.17) is 10.00 Å². The normalized spacial score (nSPS) is 13.4. The number of nitrogens with zero attached hydrogens (tertiary/aromatic N) is 1. The van der Waals surface area contributed by atoms with Gasteiger partial charge in [-0.1, -0.05) is 29.8 Å². The molecule has 0 aliphatic carbocycles. The lowest BCUT2D eigenvalue weighted by Crippen LogP contribution is -2.50. The molecule has 6 heteroatoms. The number of benzene rings is 1. The molecule has 0 unspecified atom stereocenters. The number of hydrogen-bond donors (Lipinski definition) is 1. The maximum absolute atomic E-state index is 11.9. The number of carbonyl (C=O) groups excluding carboxylic acids is 1. The van der Waals surface area contributed by atoms with Gasteiger partial charge in [0.1, 0.15) is 11.3 Å². The fraction of sp³-hybridized carbons (Fsp3) is 0.429. The average Bonchev–Trinajstić information content (AvgIpc) is 2.37. The molecule has 1 atom stereocenters. The largest absolute Gasteiger partial charge is 0.483 e. The van der Waals surface area contributed by atoms with Crippen molar-refractivity contribution in [3.05, 3.63) is 27.1 Å². The minimum Gasteiger partial charge on any atom is -0.483 e. The van der Waals surface area contributed by atoms with E-state index in [2.05, 4.69) is 43.2 Å². The molecule has 1 rings (SSSR count). The number of carbonyl (C=O) groups is 1. The van der Waals surface area contributed by atoms with Crippen LogP contribution in [0.3, 0.4) is 0 Å². The van der Waals surface area contributed by atoms with Crippen LogP contribution in [-0.2, 0) is 4.79 Å². The summed E-state index contributed by atoms with van der Waals surface area (Å²) in [6, 6.07) is 7.54. The second-order valence-corrected chi connectivity index (χ2v) is 6.65. The van der Waals surface area contributed by atoms with E-state index in [9.17, 15) is 4.79 Å². The van der Waals surface area contributed by atoms with E-state index < -0.39 is 5.54 Å². The molecule has 0 heterocycles. The van der Waals surface area contributed by atoms with Crippen molar-refractivity contribution in [3.8, 4) is 11.8 Å². The molecule has 1 N–H and O–H groups in total. The summed E-state index contributed by atoms with van der Waals surface area (Å²) in [5.41, 5.74) is -0.891. The summed E-state index contributed by atoms with van der Waals surface area (Å²) >= 11 is 6.70. The van der Waals surface area contributed by atoms with Crippen LogP contribution in [0.5, 0.6) is 5.75 Å². The van der Waals surface area contributed by atoms with E-state index >= 15 is 0 Å². The second-order valence-electron chi connectivity index (χ2n) is 4.88. The molecule has 108 valence electrons. The van der Waals surface area contributed by atoms with Gasteiger partial charge >= 0.3 is 0 Å². The van der Waals surface area contributed by atoms with Gasteiger partial charge in [0.15, 0.2) is 6.61 Å². The summed E-state index contributed by atoms with van der Waals surface area (Å²) in [7, 11) is 0. The molecular weight excluding hydrogens is 388 g/mol. The van der Waals surface area contributed by atoms with Gasteiger partial charge in [0.2, 0.25) is 0 Å². The van der Waals surface area contributed by atoms with Crippen LogP contribution in [0.15, 0.2) is 27.1 Å². The lowest BCUT2D eigenvalue weighted by Gasteiger charge is -2.27. The number of hydrogen-bond acceptors (Lipinski definition) is 3. The quantitative estimate of drug-likeness (QED) is 0.816. The van der Waals surface area contributed by atoms with Gasteiger partial charge in [-0.3, -0.25) is 4.79 Å². The molecule has 0 radical (unpaired) electrons. The van der Waals surface area contributed by atoms with Crippen LogP contribution < -0.4 is 10.1 Å². The highest BCUT2D eigenvalue weighted by atomic mass is 79.9. The molecule has 1 aromatic carbocycles. The molecule has 0 spiro atoms. The van der Waals surface area contributed by atoms with Gasteiger partial charge in [-0.15, -0.1) is 0 Å². The molecule has 0 saturated heterocycles. The van der Waals surface area contributed by atoms with Crippen LogP contribution in [0, 0.1) is 17.2 Å². The van der Waals surface area contributed by atoms with Crippen LogP contribution in [-0.4, -0.2) is 18.1 Å². The monoisotopic (exact) mass is 402 g/mol. The molecule has 0 bridgehead atoms. The molecule has 0 aromatic heterocycles. The second kappa shape index (κ2) is 7.09. The summed E-state index contributed by atoms with van der Waals surface area (Å²) in [6.07, 6.45) is 0. The summed E-state index contributed by atoms with van der Waals surface area (Å²) in [5, 5.41) is 11.8. The number of ether oxygens (including phenoxy) is 1. The zero-order chi connectivity index (χ0) is 15.3. The zero-order valence-corrected chi connectivity index (χ0v) is 14.7. The molecule has 1 aromatic rings. The summed E-state index contributed by atoms with van der Waals surface area (Å²) < 4.78 is 7.11. The first-order chi connectivity index (χ1) is 9.28. The van der Waals surface area contributed by atoms with Gasteiger partial charge in [0.25, 0.3) is 5.91 Å². The Hall–Kier alpha value is -1.06. The number of nitrogens with one attached hydrogen (secondary N) is 1. The Balaban J connectivity index is 2.62. The molecule has 0 fully saturated rings. The Morgan fingerprint density at radius 3 is 2.65 bits per heavy atom. The van der Waals surface area contributed by atoms with E-state index in [0.29, 0.717) is 5.75 Å². The Morgan fingerprint density at radius 2 is 2.15 bits per heavy atom. The first-order valence-corrected chi connectivity index (χ1v) is 7.67. The first kappa shape index (κ1) is 17.0. The van der Waals surface area contributed by atoms with Gasteiger partial charge < -0.3 is 10.1 Å². The van der Waals surface area contributed by atoms with E-state index in [0.717, 1.165) is 8.95 Å². The molecule has 0 aliphatic rings. The van der Waals surface area contributed by atoms with Gasteiger partial charge in [0, 0.05) is 4.47 Å². The van der Waals surface area contributed by atoms with Crippen LogP contribution in [0.1, 0.15) is 20.8 Å². The van der Waals surface area contributed by atoms with Crippen molar-refractivity contribution in [2.45, 2.75) is 26.3 Å². The predicted octanol–water partition coefficient (Wildman–Crippen LogP) is 3.64. The van der Waals surface area contributed by atoms with Gasteiger partial charge in [-0.2, -0.15) is 5.26 Å². The van der Waals surface area contributed by atoms with Crippen molar-refractivity contribution in [1.29, 1.82) is 5.26 Å². The highest BCUT2D eigenvalue weighted by Gasteiger charge is 2.30. The SMILES string of the molecule is CC(C)[C@](C)(C#N)NC(=O)COc1ccc(Br)cc1Br. The zero-order valence-electron chi connectivity index (χ0n) is 11.5. The van der Waals surface area contributed by atoms with Crippen molar-refractivity contribution < 1.29 is 9.53 Å². The van der Waals surface area contributed by atoms with Crippen molar-refractivity contribution >= 4 is 37.8 Å². The van der Waals surface area contributed by atoms with Crippen LogP contribution >= 0.6 is 31.9 Å². The highest BCUT2D eigenvalue weighted by molar-refractivity contribution is 9.11. The fourth-order valence-corrected chi connectivity index (χ4v) is 2.52. The standard InChI is InChI=1S/C14H16Br2N2O2/c1-9(2)14(3,8-17)18-13(19)7-20-12-5-4-10(15)6-11(12)16/h4-6,9H,7H2,1-3H3,(H,18,19)/t14-/m0/s1. The van der Waals surface area contributed by atoms with E-state index in [1.807, 2.05) is 26.0 Å². The highest BCUT2D eigenvalue weighted by Crippen LogP contribution is 2.28. The fourth-order valence-electron chi connectivity index (χ4n) is 1.36. The maximum atomic E-state index is 11.9. The van der Waals surface area contributed by atoms with Crippen molar-refractivity contribution in [1.82, 2.24) is 5.32 Å². The van der Waals surface area contributed by atoms with E-state index in [-0.39, 0.29) is 18.4 Å². The Labute approximate surface area is 135 Å². The van der Waals surface area contributed by atoms with Crippen molar-refractivity contribution in [3.63, 3.8) is 0 Å². The average molecular weight is 404 g/mol. The van der Waals surface area contributed by atoms with Gasteiger partial charge in [0.05, 0.1) is 10.5 Å². The molecular formula is C14H16Br2N2O2. The van der Waals surface area contributed by atoms with Gasteiger partial charge in [-0.05, 0) is 47.0 Å². The number of halogens is 2. The summed E-state index contributed by atoms with van der Waals surface area (Å²) in [6.45, 7) is 5.33. The van der Waals surface area contributed by atoms with Crippen LogP contribution in [0.25, 0.3) is 0 Å². The Bertz CT molecular complexity index is 540. The third-order valence-electron chi connectivity index (χ3n) is 3.04. The first-order valence-electron chi connectivity index (χ1n) is 6.08. The molecule has 1 amide bonds. The topological polar surface area (TPSA) is 62.1 Å². The predicted molar refractivity (Wildman–Crippen MR) is 84.3 cm³/mol. The number of nitriles is 1. The molecule has 4 nitrogen and oxygen atoms in total. The molecule has 0 saturated carbocycles. The smallest absolute Gasteiger partial charge is 0.259 e. The van der Waals surface area contributed by atoms with Gasteiger partial charge in [-0.25, -0.2) is 0 Å². The van der Waals surface area contributed by atoms with E-state index in [1.54, 1.807) is 13.0 Å². The maximum Gasteiger partial charge on any atom is 0.259 e. The van der Waals surface area contributed by atoms with Crippen molar-refractivity contribution in [2.75, 3.05) is 6.61 Å².